The molecular weight excluding hydrogens is 220 g/mol. The first-order valence-electron chi connectivity index (χ1n) is 5.86. The Morgan fingerprint density at radius 1 is 1.62 bits per heavy atom. The van der Waals surface area contributed by atoms with E-state index in [4.69, 9.17) is 4.74 Å². The highest BCUT2D eigenvalue weighted by Crippen LogP contribution is 2.37. The van der Waals surface area contributed by atoms with Crippen molar-refractivity contribution in [3.8, 4) is 0 Å². The molecule has 1 saturated heterocycles. The molecule has 1 fully saturated rings. The van der Waals surface area contributed by atoms with Gasteiger partial charge < -0.3 is 10.1 Å². The van der Waals surface area contributed by atoms with E-state index in [1.165, 1.54) is 5.01 Å². The maximum absolute atomic E-state index is 5.74. The molecule has 0 aromatic carbocycles. The van der Waals surface area contributed by atoms with Gasteiger partial charge in [-0.25, -0.2) is 4.98 Å². The Bertz CT molecular complexity index is 364. The van der Waals surface area contributed by atoms with Gasteiger partial charge in [0.15, 0.2) is 0 Å². The lowest BCUT2D eigenvalue weighted by atomic mass is 9.92. The lowest BCUT2D eigenvalue weighted by Crippen LogP contribution is -2.50. The fraction of sp³-hybridized carbons (Fsp3) is 0.750. The molecule has 90 valence electrons. The average Bonchev–Trinajstić information content (AvgIpc) is 2.75. The quantitative estimate of drug-likeness (QED) is 0.881. The standard InChI is InChI=1S/C12H20N2OS/c1-8(2)14-12(5-6-15-10(12)4)11-13-9(3)7-16-11/h7-8,10,14H,5-6H2,1-4H3. The Kier molecular flexibility index (Phi) is 3.33. The Balaban J connectivity index is 2.34. The van der Waals surface area contributed by atoms with Crippen molar-refractivity contribution in [3.63, 3.8) is 0 Å². The molecular formula is C12H20N2OS. The summed E-state index contributed by atoms with van der Waals surface area (Å²) in [5.74, 6) is 0. The lowest BCUT2D eigenvalue weighted by Gasteiger charge is -2.33. The molecule has 0 radical (unpaired) electrons. The third-order valence-electron chi connectivity index (χ3n) is 3.11. The number of thiazole rings is 1. The van der Waals surface area contributed by atoms with Gasteiger partial charge in [-0.3, -0.25) is 0 Å². The van der Waals surface area contributed by atoms with Crippen LogP contribution in [0.1, 0.15) is 37.9 Å². The van der Waals surface area contributed by atoms with Crippen molar-refractivity contribution >= 4 is 11.3 Å². The molecule has 2 unspecified atom stereocenters. The summed E-state index contributed by atoms with van der Waals surface area (Å²) in [4.78, 5) is 4.64. The van der Waals surface area contributed by atoms with E-state index in [0.717, 1.165) is 18.7 Å². The SMILES string of the molecule is Cc1csc(C2(NC(C)C)CCOC2C)n1. The predicted octanol–water partition coefficient (Wildman–Crippen LogP) is 2.45. The molecule has 3 nitrogen and oxygen atoms in total. The molecule has 1 aliphatic heterocycles. The highest BCUT2D eigenvalue weighted by molar-refractivity contribution is 7.09. The number of aromatic nitrogens is 1. The molecule has 0 aliphatic carbocycles. The minimum absolute atomic E-state index is 0.0763. The van der Waals surface area contributed by atoms with Gasteiger partial charge in [0.05, 0.1) is 11.6 Å². The van der Waals surface area contributed by atoms with Gasteiger partial charge in [-0.15, -0.1) is 11.3 Å². The van der Waals surface area contributed by atoms with Crippen LogP contribution in [0.2, 0.25) is 0 Å². The molecule has 2 atom stereocenters. The van der Waals surface area contributed by atoms with Crippen LogP contribution in [-0.2, 0) is 10.3 Å². The van der Waals surface area contributed by atoms with Crippen molar-refractivity contribution < 1.29 is 4.74 Å². The zero-order valence-corrected chi connectivity index (χ0v) is 11.2. The van der Waals surface area contributed by atoms with Crippen molar-refractivity contribution in [3.05, 3.63) is 16.1 Å². The maximum Gasteiger partial charge on any atom is 0.116 e. The highest BCUT2D eigenvalue weighted by Gasteiger charge is 2.45. The first-order chi connectivity index (χ1) is 7.54. The third-order valence-corrected chi connectivity index (χ3v) is 4.24. The second-order valence-electron chi connectivity index (χ2n) is 4.83. The maximum atomic E-state index is 5.74. The van der Waals surface area contributed by atoms with Gasteiger partial charge in [0.2, 0.25) is 0 Å². The fourth-order valence-corrected chi connectivity index (χ4v) is 3.42. The molecule has 2 heterocycles. The summed E-state index contributed by atoms with van der Waals surface area (Å²) in [7, 11) is 0. The van der Waals surface area contributed by atoms with Gasteiger partial charge in [0, 0.05) is 23.7 Å². The largest absolute Gasteiger partial charge is 0.376 e. The number of hydrogen-bond acceptors (Lipinski definition) is 4. The van der Waals surface area contributed by atoms with E-state index >= 15 is 0 Å². The summed E-state index contributed by atoms with van der Waals surface area (Å²) in [5.41, 5.74) is 1.02. The number of hydrogen-bond donors (Lipinski definition) is 1. The van der Waals surface area contributed by atoms with Crippen molar-refractivity contribution in [2.45, 2.75) is 51.8 Å². The molecule has 0 spiro atoms. The molecule has 2 rings (SSSR count). The number of aryl methyl sites for hydroxylation is 1. The smallest absolute Gasteiger partial charge is 0.116 e. The van der Waals surface area contributed by atoms with Crippen LogP contribution in [0.5, 0.6) is 0 Å². The number of ether oxygens (including phenoxy) is 1. The van der Waals surface area contributed by atoms with Crippen molar-refractivity contribution in [2.75, 3.05) is 6.61 Å². The average molecular weight is 240 g/mol. The van der Waals surface area contributed by atoms with Crippen LogP contribution in [0.4, 0.5) is 0 Å². The van der Waals surface area contributed by atoms with Gasteiger partial charge >= 0.3 is 0 Å². The van der Waals surface area contributed by atoms with Crippen LogP contribution in [0.3, 0.4) is 0 Å². The van der Waals surface area contributed by atoms with E-state index in [9.17, 15) is 0 Å². The topological polar surface area (TPSA) is 34.1 Å². The number of nitrogens with zero attached hydrogens (tertiary/aromatic N) is 1. The summed E-state index contributed by atoms with van der Waals surface area (Å²) in [6.45, 7) is 9.35. The molecule has 1 aliphatic rings. The Hall–Kier alpha value is -0.450. The molecule has 1 aromatic heterocycles. The molecule has 16 heavy (non-hydrogen) atoms. The third kappa shape index (κ3) is 2.01. The van der Waals surface area contributed by atoms with Crippen molar-refractivity contribution in [1.82, 2.24) is 10.3 Å². The van der Waals surface area contributed by atoms with E-state index in [1.807, 2.05) is 6.92 Å². The zero-order chi connectivity index (χ0) is 11.8. The van der Waals surface area contributed by atoms with E-state index in [1.54, 1.807) is 11.3 Å². The lowest BCUT2D eigenvalue weighted by molar-refractivity contribution is 0.0784. The van der Waals surface area contributed by atoms with Crippen LogP contribution < -0.4 is 5.32 Å². The Morgan fingerprint density at radius 3 is 2.81 bits per heavy atom. The van der Waals surface area contributed by atoms with E-state index in [0.29, 0.717) is 6.04 Å². The summed E-state index contributed by atoms with van der Waals surface area (Å²) in [6, 6.07) is 0.438. The first-order valence-corrected chi connectivity index (χ1v) is 6.74. The van der Waals surface area contributed by atoms with Crippen LogP contribution in [0.25, 0.3) is 0 Å². The van der Waals surface area contributed by atoms with Crippen LogP contribution in [0, 0.1) is 6.92 Å². The second-order valence-corrected chi connectivity index (χ2v) is 5.69. The minimum atomic E-state index is -0.0763. The summed E-state index contributed by atoms with van der Waals surface area (Å²) in [6.07, 6.45) is 1.21. The van der Waals surface area contributed by atoms with Gasteiger partial charge in [-0.05, 0) is 34.1 Å². The van der Waals surface area contributed by atoms with Crippen LogP contribution in [0.15, 0.2) is 5.38 Å². The minimum Gasteiger partial charge on any atom is -0.376 e. The van der Waals surface area contributed by atoms with Crippen molar-refractivity contribution in [1.29, 1.82) is 0 Å². The van der Waals surface area contributed by atoms with Crippen molar-refractivity contribution in [2.24, 2.45) is 0 Å². The van der Waals surface area contributed by atoms with E-state index in [-0.39, 0.29) is 11.6 Å². The molecule has 0 amide bonds. The molecule has 0 bridgehead atoms. The molecule has 1 N–H and O–H groups in total. The van der Waals surface area contributed by atoms with Gasteiger partial charge in [0.1, 0.15) is 5.01 Å². The van der Waals surface area contributed by atoms with Gasteiger partial charge in [-0.2, -0.15) is 0 Å². The van der Waals surface area contributed by atoms with Gasteiger partial charge in [0.25, 0.3) is 0 Å². The normalized spacial score (nSPS) is 30.2. The van der Waals surface area contributed by atoms with Crippen LogP contribution in [-0.4, -0.2) is 23.7 Å². The van der Waals surface area contributed by atoms with E-state index < -0.39 is 0 Å². The van der Waals surface area contributed by atoms with Gasteiger partial charge in [-0.1, -0.05) is 0 Å². The molecule has 4 heteroatoms. The van der Waals surface area contributed by atoms with E-state index in [2.05, 4.69) is 36.5 Å². The highest BCUT2D eigenvalue weighted by atomic mass is 32.1. The number of nitrogens with one attached hydrogen (secondary N) is 1. The summed E-state index contributed by atoms with van der Waals surface area (Å²) < 4.78 is 5.74. The predicted molar refractivity (Wildman–Crippen MR) is 66.8 cm³/mol. The Morgan fingerprint density at radius 2 is 2.38 bits per heavy atom. The molecule has 1 aromatic rings. The monoisotopic (exact) mass is 240 g/mol. The Labute approximate surface area is 101 Å². The second kappa shape index (κ2) is 4.43. The summed E-state index contributed by atoms with van der Waals surface area (Å²) in [5, 5.41) is 6.94. The zero-order valence-electron chi connectivity index (χ0n) is 10.4. The number of rotatable bonds is 3. The fourth-order valence-electron chi connectivity index (χ4n) is 2.35. The molecule has 0 saturated carbocycles. The van der Waals surface area contributed by atoms with Crippen LogP contribution >= 0.6 is 11.3 Å². The summed E-state index contributed by atoms with van der Waals surface area (Å²) >= 11 is 1.74. The first kappa shape index (κ1) is 12.0.